The first-order valence-electron chi connectivity index (χ1n) is 7.05. The molecule has 0 saturated carbocycles. The summed E-state index contributed by atoms with van der Waals surface area (Å²) in [6.45, 7) is 5.35. The van der Waals surface area contributed by atoms with Crippen molar-refractivity contribution in [3.63, 3.8) is 0 Å². The highest BCUT2D eigenvalue weighted by molar-refractivity contribution is 14.0. The molecule has 1 aromatic heterocycles. The molecule has 5 nitrogen and oxygen atoms in total. The summed E-state index contributed by atoms with van der Waals surface area (Å²) in [7, 11) is -1.28. The number of nitrogens with zero attached hydrogens (tertiary/aromatic N) is 2. The van der Waals surface area contributed by atoms with Crippen LogP contribution in [0.5, 0.6) is 0 Å². The molecule has 22 heavy (non-hydrogen) atoms. The number of nitrogens with one attached hydrogen (secondary N) is 1. The maximum absolute atomic E-state index is 12.0. The van der Waals surface area contributed by atoms with Crippen LogP contribution in [-0.4, -0.2) is 56.5 Å². The molecule has 0 aliphatic carbocycles. The van der Waals surface area contributed by atoms with Gasteiger partial charge in [0.15, 0.2) is 15.8 Å². The van der Waals surface area contributed by atoms with Gasteiger partial charge in [-0.25, -0.2) is 8.42 Å². The summed E-state index contributed by atoms with van der Waals surface area (Å²) in [5.74, 6) is 0.971. The molecule has 0 radical (unpaired) electrons. The number of sulfone groups is 1. The van der Waals surface area contributed by atoms with Crippen LogP contribution in [-0.2, 0) is 16.3 Å². The van der Waals surface area contributed by atoms with Crippen molar-refractivity contribution < 1.29 is 8.42 Å². The Morgan fingerprint density at radius 3 is 2.77 bits per heavy atom. The van der Waals surface area contributed by atoms with E-state index in [9.17, 15) is 8.42 Å². The lowest BCUT2D eigenvalue weighted by Crippen LogP contribution is -2.57. The first-order valence-corrected chi connectivity index (χ1v) is 9.64. The lowest BCUT2D eigenvalue weighted by atomic mass is 10.2. The molecule has 1 saturated heterocycles. The Kier molecular flexibility index (Phi) is 7.13. The average molecular weight is 457 g/mol. The number of thiophene rings is 1. The fraction of sp³-hybridized carbons (Fsp3) is 0.643. The van der Waals surface area contributed by atoms with Gasteiger partial charge in [0, 0.05) is 26.7 Å². The molecule has 1 fully saturated rings. The average Bonchev–Trinajstić information content (AvgIpc) is 2.91. The molecule has 2 rings (SSSR count). The topological polar surface area (TPSA) is 61.8 Å². The highest BCUT2D eigenvalue weighted by Crippen LogP contribution is 2.23. The Bertz CT molecular complexity index is 598. The minimum atomic E-state index is -3.01. The number of guanidine groups is 1. The third kappa shape index (κ3) is 4.58. The molecular formula is C14H24IN3O2S2. The van der Waals surface area contributed by atoms with E-state index in [1.165, 1.54) is 5.56 Å². The first kappa shape index (κ1) is 19.7. The van der Waals surface area contributed by atoms with E-state index in [1.54, 1.807) is 32.2 Å². The molecule has 8 heteroatoms. The van der Waals surface area contributed by atoms with Gasteiger partial charge in [0.05, 0.1) is 10.5 Å². The van der Waals surface area contributed by atoms with E-state index in [4.69, 9.17) is 0 Å². The summed E-state index contributed by atoms with van der Waals surface area (Å²) >= 11 is 1.70. The van der Waals surface area contributed by atoms with Crippen molar-refractivity contribution in [2.75, 3.05) is 32.4 Å². The number of hydrogen-bond donors (Lipinski definition) is 1. The fourth-order valence-corrected chi connectivity index (χ4v) is 4.48. The zero-order valence-corrected chi connectivity index (χ0v) is 17.2. The number of aliphatic imine (C=N–C) groups is 1. The third-order valence-electron chi connectivity index (χ3n) is 3.83. The van der Waals surface area contributed by atoms with Crippen molar-refractivity contribution in [3.8, 4) is 0 Å². The Hall–Kier alpha value is -0.350. The predicted octanol–water partition coefficient (Wildman–Crippen LogP) is 1.99. The molecule has 0 atom stereocenters. The lowest BCUT2D eigenvalue weighted by molar-refractivity contribution is 0.353. The number of rotatable bonds is 3. The van der Waals surface area contributed by atoms with Gasteiger partial charge >= 0.3 is 0 Å². The van der Waals surface area contributed by atoms with Crippen LogP contribution in [0.15, 0.2) is 21.8 Å². The molecule has 0 spiro atoms. The van der Waals surface area contributed by atoms with Crippen LogP contribution in [0.4, 0.5) is 0 Å². The van der Waals surface area contributed by atoms with E-state index in [0.717, 1.165) is 18.9 Å². The van der Waals surface area contributed by atoms with Crippen molar-refractivity contribution in [3.05, 3.63) is 22.4 Å². The van der Waals surface area contributed by atoms with E-state index in [-0.39, 0.29) is 29.7 Å². The Morgan fingerprint density at radius 1 is 1.50 bits per heavy atom. The van der Waals surface area contributed by atoms with Gasteiger partial charge in [-0.2, -0.15) is 11.3 Å². The van der Waals surface area contributed by atoms with Crippen LogP contribution in [0.2, 0.25) is 0 Å². The zero-order valence-electron chi connectivity index (χ0n) is 13.2. The molecule has 1 aliphatic rings. The van der Waals surface area contributed by atoms with Gasteiger partial charge in [-0.05, 0) is 42.7 Å². The maximum Gasteiger partial charge on any atom is 0.193 e. The van der Waals surface area contributed by atoms with Crippen molar-refractivity contribution in [1.29, 1.82) is 0 Å². The normalized spacial score (nSPS) is 20.3. The van der Waals surface area contributed by atoms with Gasteiger partial charge in [-0.3, -0.25) is 4.99 Å². The molecule has 0 bridgehead atoms. The van der Waals surface area contributed by atoms with Crippen LogP contribution < -0.4 is 5.32 Å². The Morgan fingerprint density at radius 2 is 2.23 bits per heavy atom. The second-order valence-electron chi connectivity index (χ2n) is 5.86. The smallest absolute Gasteiger partial charge is 0.193 e. The molecule has 0 amide bonds. The van der Waals surface area contributed by atoms with Crippen LogP contribution >= 0.6 is 35.3 Å². The molecule has 0 aromatic carbocycles. The summed E-state index contributed by atoms with van der Waals surface area (Å²) in [5.41, 5.74) is 1.31. The summed E-state index contributed by atoms with van der Waals surface area (Å²) in [6, 6.07) is 2.12. The third-order valence-corrected chi connectivity index (χ3v) is 7.10. The fourth-order valence-electron chi connectivity index (χ4n) is 2.41. The monoisotopic (exact) mass is 457 g/mol. The Balaban J connectivity index is 0.00000242. The van der Waals surface area contributed by atoms with Gasteiger partial charge in [-0.1, -0.05) is 0 Å². The van der Waals surface area contributed by atoms with Gasteiger partial charge in [0.1, 0.15) is 0 Å². The molecular weight excluding hydrogens is 433 g/mol. The van der Waals surface area contributed by atoms with Gasteiger partial charge in [0.2, 0.25) is 0 Å². The number of halogens is 1. The SMILES string of the molecule is CN=C(NCCc1ccsc1)N1CCS(=O)(=O)C(C)(C)C1.I. The van der Waals surface area contributed by atoms with Crippen molar-refractivity contribution in [2.24, 2.45) is 4.99 Å². The van der Waals surface area contributed by atoms with E-state index >= 15 is 0 Å². The van der Waals surface area contributed by atoms with Gasteiger partial charge in [-0.15, -0.1) is 24.0 Å². The van der Waals surface area contributed by atoms with Crippen molar-refractivity contribution in [1.82, 2.24) is 10.2 Å². The molecule has 1 aliphatic heterocycles. The van der Waals surface area contributed by atoms with Crippen LogP contribution in [0.3, 0.4) is 0 Å². The lowest BCUT2D eigenvalue weighted by Gasteiger charge is -2.39. The summed E-state index contributed by atoms with van der Waals surface area (Å²) in [4.78, 5) is 6.32. The number of hydrogen-bond acceptors (Lipinski definition) is 4. The van der Waals surface area contributed by atoms with E-state index in [1.807, 2.05) is 4.90 Å². The van der Waals surface area contributed by atoms with E-state index in [2.05, 4.69) is 27.1 Å². The van der Waals surface area contributed by atoms with E-state index in [0.29, 0.717) is 13.1 Å². The first-order chi connectivity index (χ1) is 9.86. The largest absolute Gasteiger partial charge is 0.356 e. The van der Waals surface area contributed by atoms with Crippen molar-refractivity contribution >= 4 is 51.1 Å². The molecule has 1 aromatic rings. The van der Waals surface area contributed by atoms with Gasteiger partial charge in [0.25, 0.3) is 0 Å². The summed E-state index contributed by atoms with van der Waals surface area (Å²) in [6.07, 6.45) is 0.943. The second kappa shape index (κ2) is 7.96. The van der Waals surface area contributed by atoms with E-state index < -0.39 is 14.6 Å². The molecule has 126 valence electrons. The highest BCUT2D eigenvalue weighted by Gasteiger charge is 2.40. The highest BCUT2D eigenvalue weighted by atomic mass is 127. The van der Waals surface area contributed by atoms with Gasteiger partial charge < -0.3 is 10.2 Å². The maximum atomic E-state index is 12.0. The quantitative estimate of drug-likeness (QED) is 0.429. The predicted molar refractivity (Wildman–Crippen MR) is 104 cm³/mol. The van der Waals surface area contributed by atoms with Crippen LogP contribution in [0.25, 0.3) is 0 Å². The van der Waals surface area contributed by atoms with Crippen LogP contribution in [0, 0.1) is 0 Å². The molecule has 2 heterocycles. The molecule has 1 N–H and O–H groups in total. The zero-order chi connectivity index (χ0) is 15.5. The van der Waals surface area contributed by atoms with Crippen molar-refractivity contribution in [2.45, 2.75) is 25.0 Å². The Labute approximate surface area is 154 Å². The second-order valence-corrected chi connectivity index (χ2v) is 9.38. The summed E-state index contributed by atoms with van der Waals surface area (Å²) in [5, 5.41) is 7.54. The van der Waals surface area contributed by atoms with Crippen LogP contribution in [0.1, 0.15) is 19.4 Å². The minimum absolute atomic E-state index is 0. The minimum Gasteiger partial charge on any atom is -0.356 e. The summed E-state index contributed by atoms with van der Waals surface area (Å²) < 4.78 is 23.4. The molecule has 0 unspecified atom stereocenters. The standard InChI is InChI=1S/C14H23N3O2S2.HI/c1-14(2)11-17(7-9-21(14,18)19)13(15-3)16-6-4-12-5-8-20-10-12;/h5,8,10H,4,6-7,9,11H2,1-3H3,(H,15,16);1H.